The summed E-state index contributed by atoms with van der Waals surface area (Å²) in [5, 5.41) is 20.1. The molecular weight excluding hydrogens is 508 g/mol. The van der Waals surface area contributed by atoms with Crippen LogP contribution in [0.5, 0.6) is 23.3 Å². The van der Waals surface area contributed by atoms with E-state index in [1.807, 2.05) is 0 Å². The van der Waals surface area contributed by atoms with Crippen LogP contribution in [0.3, 0.4) is 0 Å². The molecule has 0 saturated heterocycles. The molecule has 0 amide bonds. The first kappa shape index (κ1) is 26.8. The predicted molar refractivity (Wildman–Crippen MR) is 136 cm³/mol. The van der Waals surface area contributed by atoms with Crippen molar-refractivity contribution in [3.63, 3.8) is 0 Å². The maximum Gasteiger partial charge on any atom is 0.345 e. The molecule has 0 spiro atoms. The lowest BCUT2D eigenvalue weighted by Crippen LogP contribution is -2.07. The number of esters is 2. The van der Waals surface area contributed by atoms with E-state index in [9.17, 15) is 19.8 Å². The zero-order chi connectivity index (χ0) is 27.8. The molecule has 0 aliphatic heterocycles. The number of nitrogens with zero attached hydrogens (tertiary/aromatic N) is 4. The van der Waals surface area contributed by atoms with Gasteiger partial charge < -0.3 is 29.2 Å². The molecule has 2 aromatic carbocycles. The molecule has 12 heteroatoms. The van der Waals surface area contributed by atoms with E-state index in [2.05, 4.69) is 19.9 Å². The summed E-state index contributed by atoms with van der Waals surface area (Å²) in [6, 6.07) is 13.5. The lowest BCUT2D eigenvalue weighted by Gasteiger charge is -2.10. The van der Waals surface area contributed by atoms with Crippen LogP contribution in [0.1, 0.15) is 34.6 Å². The molecule has 0 radical (unpaired) electrons. The van der Waals surface area contributed by atoms with E-state index >= 15 is 0 Å². The van der Waals surface area contributed by atoms with Crippen LogP contribution in [0.25, 0.3) is 22.8 Å². The van der Waals surface area contributed by atoms with E-state index in [1.165, 1.54) is 12.4 Å². The summed E-state index contributed by atoms with van der Waals surface area (Å²) in [6.07, 6.45) is 2.43. The zero-order valence-corrected chi connectivity index (χ0v) is 21.0. The van der Waals surface area contributed by atoms with Gasteiger partial charge in [0.2, 0.25) is 18.6 Å². The monoisotopic (exact) mass is 532 g/mol. The van der Waals surface area contributed by atoms with Gasteiger partial charge in [-0.1, -0.05) is 0 Å². The maximum atomic E-state index is 11.8. The Morgan fingerprint density at radius 3 is 1.38 bits per heavy atom. The van der Waals surface area contributed by atoms with Gasteiger partial charge in [-0.25, -0.2) is 19.6 Å². The zero-order valence-electron chi connectivity index (χ0n) is 21.0. The third-order valence-electron chi connectivity index (χ3n) is 5.20. The molecule has 0 fully saturated rings. The van der Waals surface area contributed by atoms with Crippen LogP contribution in [0.15, 0.2) is 60.9 Å². The third kappa shape index (κ3) is 6.55. The van der Waals surface area contributed by atoms with E-state index < -0.39 is 23.7 Å². The van der Waals surface area contributed by atoms with Crippen LogP contribution in [0.2, 0.25) is 0 Å². The maximum absolute atomic E-state index is 11.8. The van der Waals surface area contributed by atoms with Gasteiger partial charge in [0, 0.05) is 23.5 Å². The summed E-state index contributed by atoms with van der Waals surface area (Å²) in [7, 11) is 0. The molecule has 200 valence electrons. The SMILES string of the molecule is CCOC(=O)c1cnc(-c2ccc(OCOc3ccc(-c4ncc(C(=O)OCC)c(O)n4)cc3)cc2)nc1O. The van der Waals surface area contributed by atoms with Crippen LogP contribution in [0.4, 0.5) is 0 Å². The Morgan fingerprint density at radius 2 is 1.05 bits per heavy atom. The summed E-state index contributed by atoms with van der Waals surface area (Å²) < 4.78 is 20.9. The summed E-state index contributed by atoms with van der Waals surface area (Å²) in [5.74, 6) is -0.811. The van der Waals surface area contributed by atoms with Crippen molar-refractivity contribution >= 4 is 11.9 Å². The van der Waals surface area contributed by atoms with Gasteiger partial charge in [-0.2, -0.15) is 9.97 Å². The third-order valence-corrected chi connectivity index (χ3v) is 5.20. The van der Waals surface area contributed by atoms with Crippen LogP contribution >= 0.6 is 0 Å². The Bertz CT molecular complexity index is 1350. The molecule has 2 aromatic heterocycles. The lowest BCUT2D eigenvalue weighted by atomic mass is 10.2. The number of benzene rings is 2. The molecule has 12 nitrogen and oxygen atoms in total. The molecule has 2 heterocycles. The van der Waals surface area contributed by atoms with Gasteiger partial charge in [-0.15, -0.1) is 0 Å². The minimum atomic E-state index is -0.697. The second-order valence-electron chi connectivity index (χ2n) is 7.76. The van der Waals surface area contributed by atoms with Crippen molar-refractivity contribution in [3.8, 4) is 46.0 Å². The van der Waals surface area contributed by atoms with E-state index in [4.69, 9.17) is 18.9 Å². The van der Waals surface area contributed by atoms with Crippen LogP contribution in [0, 0.1) is 0 Å². The van der Waals surface area contributed by atoms with Crippen molar-refractivity contribution in [2.75, 3.05) is 20.0 Å². The summed E-state index contributed by atoms with van der Waals surface area (Å²) >= 11 is 0. The number of ether oxygens (including phenoxy) is 4. The number of hydrogen-bond donors (Lipinski definition) is 2. The molecule has 0 unspecified atom stereocenters. The minimum Gasteiger partial charge on any atom is -0.493 e. The highest BCUT2D eigenvalue weighted by molar-refractivity contribution is 5.92. The van der Waals surface area contributed by atoms with E-state index in [1.54, 1.807) is 62.4 Å². The Labute approximate surface area is 222 Å². The molecule has 0 aliphatic carbocycles. The van der Waals surface area contributed by atoms with Crippen molar-refractivity contribution in [2.45, 2.75) is 13.8 Å². The average Bonchev–Trinajstić information content (AvgIpc) is 2.94. The highest BCUT2D eigenvalue weighted by Crippen LogP contribution is 2.25. The smallest absolute Gasteiger partial charge is 0.345 e. The highest BCUT2D eigenvalue weighted by atomic mass is 16.7. The van der Waals surface area contributed by atoms with Crippen molar-refractivity contribution < 1.29 is 38.7 Å². The Balaban J connectivity index is 1.32. The van der Waals surface area contributed by atoms with Gasteiger partial charge >= 0.3 is 11.9 Å². The molecule has 0 bridgehead atoms. The second-order valence-corrected chi connectivity index (χ2v) is 7.76. The van der Waals surface area contributed by atoms with Crippen molar-refractivity contribution in [1.29, 1.82) is 0 Å². The Kier molecular flexibility index (Phi) is 8.46. The van der Waals surface area contributed by atoms with Crippen molar-refractivity contribution in [2.24, 2.45) is 0 Å². The van der Waals surface area contributed by atoms with Gasteiger partial charge in [0.05, 0.1) is 13.2 Å². The lowest BCUT2D eigenvalue weighted by molar-refractivity contribution is 0.0511. The van der Waals surface area contributed by atoms with Gasteiger partial charge in [0.15, 0.2) is 11.6 Å². The molecule has 0 saturated carbocycles. The van der Waals surface area contributed by atoms with Gasteiger partial charge in [0.1, 0.15) is 22.6 Å². The second kappa shape index (κ2) is 12.3. The number of carbonyl (C=O) groups is 2. The molecular formula is C27H24N4O8. The fraction of sp³-hybridized carbons (Fsp3) is 0.185. The summed E-state index contributed by atoms with van der Waals surface area (Å²) in [4.78, 5) is 39.7. The van der Waals surface area contributed by atoms with Crippen molar-refractivity contribution in [3.05, 3.63) is 72.1 Å². The molecule has 39 heavy (non-hydrogen) atoms. The Hall–Kier alpha value is -5.26. The van der Waals surface area contributed by atoms with Crippen molar-refractivity contribution in [1.82, 2.24) is 19.9 Å². The molecule has 2 N–H and O–H groups in total. The van der Waals surface area contributed by atoms with Crippen LogP contribution in [-0.4, -0.2) is 62.1 Å². The number of rotatable bonds is 10. The van der Waals surface area contributed by atoms with E-state index in [0.717, 1.165) is 0 Å². The first-order valence-electron chi connectivity index (χ1n) is 11.8. The normalized spacial score (nSPS) is 10.5. The fourth-order valence-corrected chi connectivity index (χ4v) is 3.30. The predicted octanol–water partition coefficient (Wildman–Crippen LogP) is 3.78. The number of aromatic nitrogens is 4. The molecule has 0 atom stereocenters. The van der Waals surface area contributed by atoms with Crippen LogP contribution in [-0.2, 0) is 9.47 Å². The fourth-order valence-electron chi connectivity index (χ4n) is 3.30. The topological polar surface area (TPSA) is 163 Å². The quantitative estimate of drug-likeness (QED) is 0.225. The average molecular weight is 533 g/mol. The largest absolute Gasteiger partial charge is 0.493 e. The highest BCUT2D eigenvalue weighted by Gasteiger charge is 2.17. The number of aromatic hydroxyl groups is 2. The van der Waals surface area contributed by atoms with E-state index in [-0.39, 0.29) is 42.8 Å². The van der Waals surface area contributed by atoms with Gasteiger partial charge in [-0.3, -0.25) is 0 Å². The molecule has 0 aliphatic rings. The van der Waals surface area contributed by atoms with Gasteiger partial charge in [-0.05, 0) is 62.4 Å². The van der Waals surface area contributed by atoms with E-state index in [0.29, 0.717) is 22.6 Å². The minimum absolute atomic E-state index is 0.0737. The first-order chi connectivity index (χ1) is 18.9. The molecule has 4 aromatic rings. The molecule has 4 rings (SSSR count). The summed E-state index contributed by atoms with van der Waals surface area (Å²) in [5.41, 5.74) is 0.993. The van der Waals surface area contributed by atoms with Crippen LogP contribution < -0.4 is 9.47 Å². The number of carbonyl (C=O) groups excluding carboxylic acids is 2. The first-order valence-corrected chi connectivity index (χ1v) is 11.8. The summed E-state index contributed by atoms with van der Waals surface area (Å²) in [6.45, 7) is 3.59. The standard InChI is InChI=1S/C27H24N4O8/c1-3-36-26(34)20-13-28-22(30-24(20)32)16-5-9-18(10-6-16)38-15-39-19-11-7-17(8-12-19)23-29-14-21(25(33)31-23)27(35)37-4-2/h5-14H,3-4,15H2,1-2H3,(H,28,30,32)(H,29,31,33). The van der Waals surface area contributed by atoms with Gasteiger partial charge in [0.25, 0.3) is 0 Å². The number of hydrogen-bond acceptors (Lipinski definition) is 12. The Morgan fingerprint density at radius 1 is 0.667 bits per heavy atom.